The van der Waals surface area contributed by atoms with Gasteiger partial charge in [0.2, 0.25) is 0 Å². The SMILES string of the molecule is COc1cc2nn(C3CCC(CBr)CC3)cc2cc1NC(=O)c1cccc(C(F)(F)F)n1. The van der Waals surface area contributed by atoms with Gasteiger partial charge >= 0.3 is 6.18 Å². The summed E-state index contributed by atoms with van der Waals surface area (Å²) in [5.41, 5.74) is -0.392. The summed E-state index contributed by atoms with van der Waals surface area (Å²) in [5, 5.41) is 9.12. The number of benzene rings is 1. The summed E-state index contributed by atoms with van der Waals surface area (Å²) in [6, 6.07) is 6.95. The van der Waals surface area contributed by atoms with Gasteiger partial charge in [-0.2, -0.15) is 18.3 Å². The maximum Gasteiger partial charge on any atom is 0.433 e. The van der Waals surface area contributed by atoms with Crippen LogP contribution in [0.3, 0.4) is 0 Å². The molecule has 0 spiro atoms. The number of hydrogen-bond donors (Lipinski definition) is 1. The highest BCUT2D eigenvalue weighted by atomic mass is 79.9. The van der Waals surface area contributed by atoms with E-state index < -0.39 is 17.8 Å². The van der Waals surface area contributed by atoms with E-state index in [0.29, 0.717) is 23.4 Å². The fraction of sp³-hybridized carbons (Fsp3) is 0.409. The molecule has 6 nitrogen and oxygen atoms in total. The number of anilines is 1. The largest absolute Gasteiger partial charge is 0.494 e. The van der Waals surface area contributed by atoms with E-state index in [-0.39, 0.29) is 5.69 Å². The molecule has 2 aromatic heterocycles. The molecule has 1 amide bonds. The van der Waals surface area contributed by atoms with Gasteiger partial charge in [0.25, 0.3) is 5.91 Å². The van der Waals surface area contributed by atoms with Crippen LogP contribution in [-0.2, 0) is 6.18 Å². The molecule has 1 N–H and O–H groups in total. The van der Waals surface area contributed by atoms with Crippen molar-refractivity contribution in [2.75, 3.05) is 17.8 Å². The first-order valence-corrected chi connectivity index (χ1v) is 11.4. The Morgan fingerprint density at radius 2 is 2.00 bits per heavy atom. The van der Waals surface area contributed by atoms with Gasteiger partial charge in [0.05, 0.1) is 24.4 Å². The molecule has 32 heavy (non-hydrogen) atoms. The maximum absolute atomic E-state index is 12.9. The van der Waals surface area contributed by atoms with E-state index in [1.165, 1.54) is 13.2 Å². The molecule has 1 aliphatic rings. The average Bonchev–Trinajstić information content (AvgIpc) is 3.21. The number of pyridine rings is 1. The van der Waals surface area contributed by atoms with Gasteiger partial charge < -0.3 is 10.1 Å². The Bertz CT molecular complexity index is 1120. The summed E-state index contributed by atoms with van der Waals surface area (Å²) in [6.45, 7) is 0. The van der Waals surface area contributed by atoms with Crippen molar-refractivity contribution in [3.05, 3.63) is 47.9 Å². The highest BCUT2D eigenvalue weighted by Crippen LogP contribution is 2.35. The monoisotopic (exact) mass is 510 g/mol. The third-order valence-electron chi connectivity index (χ3n) is 5.77. The number of carbonyl (C=O) groups excluding carboxylic acids is 1. The number of halogens is 4. The number of carbonyl (C=O) groups is 1. The number of methoxy groups -OCH3 is 1. The fourth-order valence-electron chi connectivity index (χ4n) is 3.99. The maximum atomic E-state index is 12.9. The lowest BCUT2D eigenvalue weighted by atomic mass is 9.87. The lowest BCUT2D eigenvalue weighted by Gasteiger charge is -2.27. The summed E-state index contributed by atoms with van der Waals surface area (Å²) >= 11 is 3.56. The highest BCUT2D eigenvalue weighted by molar-refractivity contribution is 9.09. The molecule has 1 aromatic carbocycles. The van der Waals surface area contributed by atoms with E-state index in [1.807, 2.05) is 10.9 Å². The molecule has 3 aromatic rings. The minimum absolute atomic E-state index is 0.316. The van der Waals surface area contributed by atoms with Gasteiger partial charge in [0.15, 0.2) is 0 Å². The summed E-state index contributed by atoms with van der Waals surface area (Å²) < 4.78 is 46.1. The first kappa shape index (κ1) is 22.6. The predicted molar refractivity (Wildman–Crippen MR) is 118 cm³/mol. The van der Waals surface area contributed by atoms with Gasteiger partial charge in [-0.15, -0.1) is 0 Å². The normalized spacial score (nSPS) is 19.2. The molecule has 2 heterocycles. The number of amides is 1. The molecule has 0 bridgehead atoms. The average molecular weight is 511 g/mol. The Kier molecular flexibility index (Phi) is 6.41. The molecule has 1 aliphatic carbocycles. The van der Waals surface area contributed by atoms with Crippen LogP contribution in [0.15, 0.2) is 36.5 Å². The van der Waals surface area contributed by atoms with Crippen LogP contribution in [0, 0.1) is 5.92 Å². The van der Waals surface area contributed by atoms with Crippen molar-refractivity contribution in [2.45, 2.75) is 37.9 Å². The highest BCUT2D eigenvalue weighted by Gasteiger charge is 2.33. The van der Waals surface area contributed by atoms with E-state index in [4.69, 9.17) is 4.74 Å². The van der Waals surface area contributed by atoms with Crippen LogP contribution in [0.5, 0.6) is 5.75 Å². The van der Waals surface area contributed by atoms with Crippen molar-refractivity contribution in [1.29, 1.82) is 0 Å². The molecule has 4 rings (SSSR count). The van der Waals surface area contributed by atoms with Gasteiger partial charge in [-0.3, -0.25) is 9.48 Å². The first-order chi connectivity index (χ1) is 15.3. The lowest BCUT2D eigenvalue weighted by molar-refractivity contribution is -0.141. The quantitative estimate of drug-likeness (QED) is 0.438. The fourth-order valence-corrected chi connectivity index (χ4v) is 4.64. The third kappa shape index (κ3) is 4.74. The summed E-state index contributed by atoms with van der Waals surface area (Å²) in [4.78, 5) is 16.0. The number of hydrogen-bond acceptors (Lipinski definition) is 4. The number of fused-ring (bicyclic) bond motifs is 1. The Hall–Kier alpha value is -2.62. The van der Waals surface area contributed by atoms with Gasteiger partial charge in [0, 0.05) is 23.0 Å². The molecule has 10 heteroatoms. The second kappa shape index (κ2) is 9.09. The van der Waals surface area contributed by atoms with Gasteiger partial charge in [-0.05, 0) is 49.8 Å². The van der Waals surface area contributed by atoms with E-state index in [1.54, 1.807) is 12.1 Å². The zero-order chi connectivity index (χ0) is 22.9. The standard InChI is InChI=1S/C22H22BrF3N4O2/c1-32-19-10-17-14(12-30(29-17)15-7-5-13(11-23)6-8-15)9-18(19)28-21(31)16-3-2-4-20(27-16)22(24,25)26/h2-4,9-10,12-13,15H,5-8,11H2,1H3,(H,28,31). The first-order valence-electron chi connectivity index (χ1n) is 10.3. The van der Waals surface area contributed by atoms with Crippen molar-refractivity contribution in [1.82, 2.24) is 14.8 Å². The summed E-state index contributed by atoms with van der Waals surface area (Å²) in [5.74, 6) is 0.308. The van der Waals surface area contributed by atoms with E-state index in [9.17, 15) is 18.0 Å². The van der Waals surface area contributed by atoms with Crippen molar-refractivity contribution >= 4 is 38.4 Å². The Balaban J connectivity index is 1.58. The zero-order valence-corrected chi connectivity index (χ0v) is 18.9. The third-order valence-corrected chi connectivity index (χ3v) is 6.69. The summed E-state index contributed by atoms with van der Waals surface area (Å²) in [7, 11) is 1.46. The van der Waals surface area contributed by atoms with E-state index in [2.05, 4.69) is 31.3 Å². The van der Waals surface area contributed by atoms with Crippen LogP contribution in [0.4, 0.5) is 18.9 Å². The minimum atomic E-state index is -4.63. The molecular weight excluding hydrogens is 489 g/mol. The predicted octanol–water partition coefficient (Wildman–Crippen LogP) is 5.84. The number of aromatic nitrogens is 3. The molecule has 0 unspecified atom stereocenters. The lowest BCUT2D eigenvalue weighted by Crippen LogP contribution is -2.19. The Morgan fingerprint density at radius 3 is 2.66 bits per heavy atom. The van der Waals surface area contributed by atoms with Crippen LogP contribution in [0.2, 0.25) is 0 Å². The smallest absolute Gasteiger partial charge is 0.433 e. The molecule has 1 fully saturated rings. The number of alkyl halides is 4. The van der Waals surface area contributed by atoms with Gasteiger partial charge in [-0.1, -0.05) is 22.0 Å². The van der Waals surface area contributed by atoms with E-state index in [0.717, 1.165) is 54.0 Å². The molecular formula is C22H22BrF3N4O2. The topological polar surface area (TPSA) is 69.0 Å². The van der Waals surface area contributed by atoms with Crippen molar-refractivity contribution in [3.63, 3.8) is 0 Å². The van der Waals surface area contributed by atoms with Crippen LogP contribution < -0.4 is 10.1 Å². The second-order valence-electron chi connectivity index (χ2n) is 7.91. The number of ether oxygens (including phenoxy) is 1. The molecule has 0 saturated heterocycles. The number of rotatable bonds is 5. The Labute approximate surface area is 191 Å². The van der Waals surface area contributed by atoms with Crippen molar-refractivity contribution < 1.29 is 22.7 Å². The van der Waals surface area contributed by atoms with Crippen molar-refractivity contribution in [3.8, 4) is 5.75 Å². The van der Waals surface area contributed by atoms with Crippen LogP contribution in [0.25, 0.3) is 10.9 Å². The molecule has 1 saturated carbocycles. The van der Waals surface area contributed by atoms with Crippen molar-refractivity contribution in [2.24, 2.45) is 5.92 Å². The van der Waals surface area contributed by atoms with Crippen LogP contribution in [0.1, 0.15) is 47.9 Å². The van der Waals surface area contributed by atoms with Gasteiger partial charge in [0.1, 0.15) is 17.1 Å². The van der Waals surface area contributed by atoms with Crippen LogP contribution >= 0.6 is 15.9 Å². The molecule has 0 atom stereocenters. The molecule has 0 radical (unpaired) electrons. The van der Waals surface area contributed by atoms with Gasteiger partial charge in [-0.25, -0.2) is 4.98 Å². The minimum Gasteiger partial charge on any atom is -0.494 e. The molecule has 0 aliphatic heterocycles. The number of nitrogens with zero attached hydrogens (tertiary/aromatic N) is 3. The number of nitrogens with one attached hydrogen (secondary N) is 1. The second-order valence-corrected chi connectivity index (χ2v) is 8.56. The Morgan fingerprint density at radius 1 is 1.25 bits per heavy atom. The summed E-state index contributed by atoms with van der Waals surface area (Å²) in [6.07, 6.45) is 1.68. The zero-order valence-electron chi connectivity index (χ0n) is 17.3. The van der Waals surface area contributed by atoms with Crippen LogP contribution in [-0.4, -0.2) is 33.1 Å². The van der Waals surface area contributed by atoms with E-state index >= 15 is 0 Å². The molecule has 170 valence electrons.